The van der Waals surface area contributed by atoms with Crippen molar-refractivity contribution in [3.05, 3.63) is 72.8 Å². The van der Waals surface area contributed by atoms with Crippen LogP contribution in [-0.2, 0) is 11.3 Å². The van der Waals surface area contributed by atoms with Gasteiger partial charge >= 0.3 is 0 Å². The molecule has 0 bridgehead atoms. The average Bonchev–Trinajstić information content (AvgIpc) is 2.61. The first kappa shape index (κ1) is 18.3. The van der Waals surface area contributed by atoms with Gasteiger partial charge < -0.3 is 5.32 Å². The molecule has 1 N–H and O–H groups in total. The molecule has 0 aromatic heterocycles. The van der Waals surface area contributed by atoms with Crippen LogP contribution >= 0.6 is 11.8 Å². The lowest BCUT2D eigenvalue weighted by atomic mass is 10.2. The predicted octanol–water partition coefficient (Wildman–Crippen LogP) is 4.43. The number of amides is 1. The molecule has 0 saturated carbocycles. The Kier molecular flexibility index (Phi) is 7.59. The molecule has 0 heterocycles. The van der Waals surface area contributed by atoms with Gasteiger partial charge in [-0.2, -0.15) is 0 Å². The van der Waals surface area contributed by atoms with Gasteiger partial charge in [-0.15, -0.1) is 18.3 Å². The summed E-state index contributed by atoms with van der Waals surface area (Å²) in [7, 11) is 0. The number of hydrogen-bond donors (Lipinski definition) is 1. The number of anilines is 1. The number of rotatable bonds is 9. The van der Waals surface area contributed by atoms with Gasteiger partial charge in [-0.25, -0.2) is 0 Å². The Labute approximate surface area is 148 Å². The van der Waals surface area contributed by atoms with Gasteiger partial charge in [0, 0.05) is 17.2 Å². The van der Waals surface area contributed by atoms with Gasteiger partial charge in [-0.3, -0.25) is 9.69 Å². The molecule has 0 radical (unpaired) electrons. The highest BCUT2D eigenvalue weighted by molar-refractivity contribution is 7.99. The number of hydrogen-bond acceptors (Lipinski definition) is 3. The summed E-state index contributed by atoms with van der Waals surface area (Å²) in [6.07, 6.45) is 1.86. The number of carbonyl (C=O) groups is 1. The SMILES string of the molecule is C=CCSc1ccccc1NC(=O)CN(CC)Cc1ccccc1. The van der Waals surface area contributed by atoms with Crippen LogP contribution in [0.25, 0.3) is 0 Å². The summed E-state index contributed by atoms with van der Waals surface area (Å²) in [5.41, 5.74) is 2.08. The smallest absolute Gasteiger partial charge is 0.238 e. The Balaban J connectivity index is 1.95. The molecular weight excluding hydrogens is 316 g/mol. The molecule has 2 aromatic rings. The molecule has 2 aromatic carbocycles. The molecule has 1 amide bonds. The molecule has 0 aliphatic carbocycles. The van der Waals surface area contributed by atoms with E-state index in [2.05, 4.69) is 35.9 Å². The van der Waals surface area contributed by atoms with Gasteiger partial charge in [0.2, 0.25) is 5.91 Å². The van der Waals surface area contributed by atoms with Crippen LogP contribution in [0.15, 0.2) is 72.1 Å². The third kappa shape index (κ3) is 5.87. The van der Waals surface area contributed by atoms with Crippen molar-refractivity contribution in [3.8, 4) is 0 Å². The van der Waals surface area contributed by atoms with E-state index in [1.165, 1.54) is 5.56 Å². The number of para-hydroxylation sites is 1. The number of nitrogens with one attached hydrogen (secondary N) is 1. The minimum Gasteiger partial charge on any atom is -0.324 e. The second-order valence-corrected chi connectivity index (χ2v) is 6.49. The lowest BCUT2D eigenvalue weighted by Gasteiger charge is -2.20. The molecule has 0 aliphatic rings. The first-order chi connectivity index (χ1) is 11.7. The van der Waals surface area contributed by atoms with Crippen molar-refractivity contribution in [1.29, 1.82) is 0 Å². The molecule has 0 atom stereocenters. The molecule has 0 unspecified atom stereocenters. The van der Waals surface area contributed by atoms with E-state index in [-0.39, 0.29) is 5.91 Å². The summed E-state index contributed by atoms with van der Waals surface area (Å²) < 4.78 is 0. The summed E-state index contributed by atoms with van der Waals surface area (Å²) in [5, 5.41) is 3.03. The second-order valence-electron chi connectivity index (χ2n) is 5.43. The van der Waals surface area contributed by atoms with E-state index >= 15 is 0 Å². The maximum absolute atomic E-state index is 12.4. The van der Waals surface area contributed by atoms with E-state index in [0.717, 1.165) is 29.4 Å². The molecule has 4 heteroatoms. The zero-order chi connectivity index (χ0) is 17.2. The van der Waals surface area contributed by atoms with Crippen molar-refractivity contribution in [1.82, 2.24) is 4.90 Å². The molecule has 2 rings (SSSR count). The fourth-order valence-corrected chi connectivity index (χ4v) is 3.11. The van der Waals surface area contributed by atoms with Crippen LogP contribution in [0.3, 0.4) is 0 Å². The molecular formula is C20H24N2OS. The highest BCUT2D eigenvalue weighted by Crippen LogP contribution is 2.26. The van der Waals surface area contributed by atoms with Crippen LogP contribution in [-0.4, -0.2) is 29.6 Å². The van der Waals surface area contributed by atoms with E-state index in [9.17, 15) is 4.79 Å². The van der Waals surface area contributed by atoms with Crippen molar-refractivity contribution in [3.63, 3.8) is 0 Å². The summed E-state index contributed by atoms with van der Waals surface area (Å²) in [6, 6.07) is 18.1. The van der Waals surface area contributed by atoms with Crippen molar-refractivity contribution in [2.75, 3.05) is 24.2 Å². The zero-order valence-corrected chi connectivity index (χ0v) is 14.9. The molecule has 0 spiro atoms. The summed E-state index contributed by atoms with van der Waals surface area (Å²) >= 11 is 1.67. The van der Waals surface area contributed by atoms with Crippen LogP contribution in [0.2, 0.25) is 0 Å². The van der Waals surface area contributed by atoms with Crippen LogP contribution in [0.1, 0.15) is 12.5 Å². The molecule has 0 fully saturated rings. The number of likely N-dealkylation sites (N-methyl/N-ethyl adjacent to an activating group) is 1. The number of carbonyl (C=O) groups excluding carboxylic acids is 1. The lowest BCUT2D eigenvalue weighted by molar-refractivity contribution is -0.117. The minimum atomic E-state index is 0.0134. The molecule has 0 saturated heterocycles. The first-order valence-electron chi connectivity index (χ1n) is 8.11. The van der Waals surface area contributed by atoms with Gasteiger partial charge in [0.15, 0.2) is 0 Å². The van der Waals surface area contributed by atoms with Gasteiger partial charge in [0.1, 0.15) is 0 Å². The van der Waals surface area contributed by atoms with Crippen LogP contribution < -0.4 is 5.32 Å². The Hall–Kier alpha value is -2.04. The van der Waals surface area contributed by atoms with Crippen LogP contribution in [0.5, 0.6) is 0 Å². The maximum Gasteiger partial charge on any atom is 0.238 e. The topological polar surface area (TPSA) is 32.3 Å². The largest absolute Gasteiger partial charge is 0.324 e. The van der Waals surface area contributed by atoms with Crippen molar-refractivity contribution in [2.24, 2.45) is 0 Å². The molecule has 0 aliphatic heterocycles. The average molecular weight is 340 g/mol. The predicted molar refractivity (Wildman–Crippen MR) is 103 cm³/mol. The third-order valence-corrected chi connectivity index (χ3v) is 4.65. The van der Waals surface area contributed by atoms with E-state index in [1.54, 1.807) is 11.8 Å². The second kappa shape index (κ2) is 9.96. The van der Waals surface area contributed by atoms with Gasteiger partial charge in [0.25, 0.3) is 0 Å². The van der Waals surface area contributed by atoms with Gasteiger partial charge in [0.05, 0.1) is 12.2 Å². The fourth-order valence-electron chi connectivity index (χ4n) is 2.36. The first-order valence-corrected chi connectivity index (χ1v) is 9.10. The molecule has 24 heavy (non-hydrogen) atoms. The van der Waals surface area contributed by atoms with Crippen LogP contribution in [0.4, 0.5) is 5.69 Å². The van der Waals surface area contributed by atoms with Gasteiger partial charge in [-0.05, 0) is 24.2 Å². The van der Waals surface area contributed by atoms with E-state index < -0.39 is 0 Å². The van der Waals surface area contributed by atoms with E-state index in [1.807, 2.05) is 48.5 Å². The van der Waals surface area contributed by atoms with Crippen LogP contribution in [0, 0.1) is 0 Å². The van der Waals surface area contributed by atoms with E-state index in [0.29, 0.717) is 6.54 Å². The quantitative estimate of drug-likeness (QED) is 0.541. The highest BCUT2D eigenvalue weighted by atomic mass is 32.2. The number of nitrogens with zero attached hydrogens (tertiary/aromatic N) is 1. The summed E-state index contributed by atoms with van der Waals surface area (Å²) in [6.45, 7) is 7.80. The Morgan fingerprint density at radius 2 is 1.88 bits per heavy atom. The normalized spacial score (nSPS) is 10.6. The van der Waals surface area contributed by atoms with Gasteiger partial charge in [-0.1, -0.05) is 55.5 Å². The minimum absolute atomic E-state index is 0.0134. The maximum atomic E-state index is 12.4. The Morgan fingerprint density at radius 1 is 1.17 bits per heavy atom. The lowest BCUT2D eigenvalue weighted by Crippen LogP contribution is -2.32. The van der Waals surface area contributed by atoms with E-state index in [4.69, 9.17) is 0 Å². The number of thioether (sulfide) groups is 1. The molecule has 126 valence electrons. The summed E-state index contributed by atoms with van der Waals surface area (Å²) in [5.74, 6) is 0.835. The Bertz CT molecular complexity index is 658. The standard InChI is InChI=1S/C20H24N2OS/c1-3-14-24-19-13-9-8-12-18(19)21-20(23)16-22(4-2)15-17-10-6-5-7-11-17/h3,5-13H,1,4,14-16H2,2H3,(H,21,23). The monoisotopic (exact) mass is 340 g/mol. The van der Waals surface area contributed by atoms with Crippen molar-refractivity contribution < 1.29 is 4.79 Å². The number of benzene rings is 2. The zero-order valence-electron chi connectivity index (χ0n) is 14.1. The third-order valence-electron chi connectivity index (χ3n) is 3.58. The molecule has 3 nitrogen and oxygen atoms in total. The highest BCUT2D eigenvalue weighted by Gasteiger charge is 2.11. The summed E-state index contributed by atoms with van der Waals surface area (Å²) in [4.78, 5) is 15.6. The fraction of sp³-hybridized carbons (Fsp3) is 0.250. The van der Waals surface area contributed by atoms with Crippen molar-refractivity contribution in [2.45, 2.75) is 18.4 Å². The van der Waals surface area contributed by atoms with Crippen molar-refractivity contribution >= 4 is 23.4 Å². The Morgan fingerprint density at radius 3 is 2.58 bits per heavy atom.